The van der Waals surface area contributed by atoms with E-state index >= 15 is 0 Å². The quantitative estimate of drug-likeness (QED) is 0.508. The van der Waals surface area contributed by atoms with Gasteiger partial charge in [0.05, 0.1) is 43.6 Å². The molecule has 2 aliphatic rings. The number of rotatable bonds is 4. The van der Waals surface area contributed by atoms with E-state index in [1.165, 1.54) is 23.2 Å². The summed E-state index contributed by atoms with van der Waals surface area (Å²) in [5.41, 5.74) is -1.01. The number of aromatic nitrogens is 2. The lowest BCUT2D eigenvalue weighted by atomic mass is 9.94. The zero-order valence-corrected chi connectivity index (χ0v) is 21.0. The smallest absolute Gasteiger partial charge is 0.415 e. The summed E-state index contributed by atoms with van der Waals surface area (Å²) in [6.07, 6.45) is 0.115. The van der Waals surface area contributed by atoms with Crippen LogP contribution in [0.1, 0.15) is 20.8 Å². The monoisotopic (exact) mass is 529 g/mol. The average molecular weight is 530 g/mol. The topological polar surface area (TPSA) is 126 Å². The van der Waals surface area contributed by atoms with Gasteiger partial charge in [-0.15, -0.1) is 0 Å². The first-order valence-electron chi connectivity index (χ1n) is 11.6. The van der Waals surface area contributed by atoms with Gasteiger partial charge in [0.15, 0.2) is 23.0 Å². The van der Waals surface area contributed by atoms with E-state index in [0.717, 1.165) is 12.1 Å². The van der Waals surface area contributed by atoms with Gasteiger partial charge < -0.3 is 24.6 Å². The van der Waals surface area contributed by atoms with E-state index in [1.54, 1.807) is 32.9 Å². The zero-order chi connectivity index (χ0) is 27.4. The molecule has 0 saturated carbocycles. The van der Waals surface area contributed by atoms with Crippen molar-refractivity contribution in [3.05, 3.63) is 42.2 Å². The van der Waals surface area contributed by atoms with Gasteiger partial charge in [0.25, 0.3) is 0 Å². The van der Waals surface area contributed by atoms with Crippen molar-refractivity contribution in [1.29, 1.82) is 0 Å². The molecule has 1 aromatic heterocycles. The lowest BCUT2D eigenvalue weighted by Gasteiger charge is -2.45. The Balaban J connectivity index is 1.44. The molecule has 200 valence electrons. The fraction of sp³-hybridized carbons (Fsp3) is 0.360. The van der Waals surface area contributed by atoms with Gasteiger partial charge >= 0.3 is 12.2 Å². The highest BCUT2D eigenvalue weighted by molar-refractivity contribution is 6.00. The molecule has 0 radical (unpaired) electrons. The van der Waals surface area contributed by atoms with Gasteiger partial charge in [0.2, 0.25) is 0 Å². The number of nitrogens with zero attached hydrogens (tertiary/aromatic N) is 4. The number of carbonyl (C=O) groups is 2. The number of aromatic hydroxyl groups is 1. The highest BCUT2D eigenvalue weighted by atomic mass is 19.1. The van der Waals surface area contributed by atoms with Crippen LogP contribution >= 0.6 is 0 Å². The van der Waals surface area contributed by atoms with E-state index in [-0.39, 0.29) is 31.1 Å². The van der Waals surface area contributed by atoms with Crippen LogP contribution in [0.4, 0.5) is 35.6 Å². The maximum Gasteiger partial charge on any atom is 0.415 e. The Hall–Kier alpha value is -4.42. The maximum absolute atomic E-state index is 14.4. The third kappa shape index (κ3) is 4.44. The van der Waals surface area contributed by atoms with Crippen molar-refractivity contribution in [3.8, 4) is 11.5 Å². The number of halogens is 2. The number of hydrogen-bond acceptors (Lipinski definition) is 9. The van der Waals surface area contributed by atoms with Crippen molar-refractivity contribution >= 4 is 40.3 Å². The van der Waals surface area contributed by atoms with Crippen LogP contribution in [0.15, 0.2) is 30.6 Å². The number of amides is 2. The molecule has 38 heavy (non-hydrogen) atoms. The number of fused-ring (bicyclic) bond motifs is 1. The molecule has 0 atom stereocenters. The third-order valence-corrected chi connectivity index (χ3v) is 6.13. The van der Waals surface area contributed by atoms with Gasteiger partial charge in [-0.2, -0.15) is 0 Å². The lowest BCUT2D eigenvalue weighted by molar-refractivity contribution is -0.0779. The fourth-order valence-corrected chi connectivity index (χ4v) is 4.39. The summed E-state index contributed by atoms with van der Waals surface area (Å²) in [4.78, 5) is 36.5. The van der Waals surface area contributed by atoms with Crippen LogP contribution in [0.25, 0.3) is 10.9 Å². The molecule has 0 unspecified atom stereocenters. The minimum Gasteiger partial charge on any atom is -0.503 e. The number of ether oxygens (including phenoxy) is 3. The van der Waals surface area contributed by atoms with Crippen molar-refractivity contribution in [2.24, 2.45) is 0 Å². The number of benzene rings is 2. The van der Waals surface area contributed by atoms with Gasteiger partial charge in [0, 0.05) is 11.5 Å². The van der Waals surface area contributed by atoms with Crippen molar-refractivity contribution in [1.82, 2.24) is 14.9 Å². The molecule has 2 aliphatic heterocycles. The van der Waals surface area contributed by atoms with Gasteiger partial charge in [0.1, 0.15) is 23.5 Å². The Bertz CT molecular complexity index is 1450. The highest BCUT2D eigenvalue weighted by Gasteiger charge is 2.56. The van der Waals surface area contributed by atoms with Crippen LogP contribution < -0.4 is 15.0 Å². The molecular weight excluding hydrogens is 504 g/mol. The van der Waals surface area contributed by atoms with Crippen LogP contribution in [0, 0.1) is 11.6 Å². The number of methoxy groups -OCH3 is 1. The number of phenolic OH excluding ortho intramolecular Hbond substituents is 1. The molecule has 0 bridgehead atoms. The largest absolute Gasteiger partial charge is 0.503 e. The summed E-state index contributed by atoms with van der Waals surface area (Å²) in [7, 11) is 1.44. The summed E-state index contributed by atoms with van der Waals surface area (Å²) < 4.78 is 44.5. The number of carbonyl (C=O) groups excluding carboxylic acids is 2. The molecule has 0 aliphatic carbocycles. The second kappa shape index (κ2) is 8.85. The Labute approximate surface area is 215 Å². The summed E-state index contributed by atoms with van der Waals surface area (Å²) in [5, 5.41) is 12.8. The first kappa shape index (κ1) is 25.2. The minimum atomic E-state index is -1.19. The van der Waals surface area contributed by atoms with Crippen LogP contribution in [-0.4, -0.2) is 70.1 Å². The molecule has 2 amide bonds. The predicted octanol–water partition coefficient (Wildman–Crippen LogP) is 4.31. The summed E-state index contributed by atoms with van der Waals surface area (Å²) >= 11 is 0. The number of phenols is 1. The van der Waals surface area contributed by atoms with Crippen molar-refractivity contribution in [2.45, 2.75) is 32.0 Å². The van der Waals surface area contributed by atoms with Crippen LogP contribution in [0.3, 0.4) is 0 Å². The zero-order valence-electron chi connectivity index (χ0n) is 21.0. The average Bonchev–Trinajstić information content (AvgIpc) is 3.19. The highest BCUT2D eigenvalue weighted by Crippen LogP contribution is 2.41. The van der Waals surface area contributed by atoms with Crippen LogP contribution in [0.5, 0.6) is 11.5 Å². The second-order valence-electron chi connectivity index (χ2n) is 10.1. The molecule has 2 aromatic carbocycles. The van der Waals surface area contributed by atoms with Gasteiger partial charge in [-0.25, -0.2) is 28.3 Å². The van der Waals surface area contributed by atoms with E-state index in [1.807, 2.05) is 0 Å². The number of anilines is 3. The molecule has 1 spiro atoms. The van der Waals surface area contributed by atoms with E-state index in [2.05, 4.69) is 15.3 Å². The normalized spacial score (nSPS) is 16.4. The number of likely N-dealkylation sites (tertiary alicyclic amines) is 1. The predicted molar refractivity (Wildman–Crippen MR) is 132 cm³/mol. The fourth-order valence-electron chi connectivity index (χ4n) is 4.39. The Morgan fingerprint density at radius 2 is 1.92 bits per heavy atom. The summed E-state index contributed by atoms with van der Waals surface area (Å²) in [6, 6.07) is 5.21. The van der Waals surface area contributed by atoms with Crippen molar-refractivity contribution in [3.63, 3.8) is 0 Å². The first-order valence-corrected chi connectivity index (χ1v) is 11.6. The Morgan fingerprint density at radius 1 is 1.18 bits per heavy atom. The molecule has 11 nitrogen and oxygen atoms in total. The molecule has 3 heterocycles. The van der Waals surface area contributed by atoms with E-state index in [0.29, 0.717) is 22.3 Å². The molecule has 3 aromatic rings. The van der Waals surface area contributed by atoms with Crippen LogP contribution in [-0.2, 0) is 9.47 Å². The van der Waals surface area contributed by atoms with Gasteiger partial charge in [-0.1, -0.05) is 0 Å². The van der Waals surface area contributed by atoms with E-state index in [4.69, 9.17) is 14.2 Å². The molecular formula is C25H25F2N5O6. The minimum absolute atomic E-state index is 0.143. The van der Waals surface area contributed by atoms with Gasteiger partial charge in [-0.3, -0.25) is 9.80 Å². The lowest BCUT2D eigenvalue weighted by Crippen LogP contribution is -2.66. The van der Waals surface area contributed by atoms with Crippen molar-refractivity contribution in [2.75, 3.05) is 37.0 Å². The molecule has 5 rings (SSSR count). The molecule has 2 saturated heterocycles. The van der Waals surface area contributed by atoms with Crippen LogP contribution in [0.2, 0.25) is 0 Å². The summed E-state index contributed by atoms with van der Waals surface area (Å²) in [6.45, 7) is 5.79. The van der Waals surface area contributed by atoms with E-state index < -0.39 is 40.8 Å². The maximum atomic E-state index is 14.4. The molecule has 13 heteroatoms. The SMILES string of the molecule is COc1cc2ncnc(Nc3ccc(F)c(O)c3F)c2cc1N1CC2(CN(C(=O)OC(C)(C)C)C2)OC1=O. The first-order chi connectivity index (χ1) is 17.9. The number of hydrogen-bond donors (Lipinski definition) is 2. The Kier molecular flexibility index (Phi) is 5.88. The standard InChI is InChI=1S/C25H25F2N5O6/c1-24(2,3)37-22(34)31-9-25(10-31)11-32(23(35)38-25)17-7-13-16(8-18(17)36-4)28-12-29-21(13)30-15-6-5-14(26)20(33)19(15)27/h5-8,12,33H,9-11H2,1-4H3,(H,28,29,30). The Morgan fingerprint density at radius 3 is 2.61 bits per heavy atom. The van der Waals surface area contributed by atoms with Crippen molar-refractivity contribution < 1.29 is 37.7 Å². The second-order valence-corrected chi connectivity index (χ2v) is 10.1. The molecule has 2 N–H and O–H groups in total. The van der Waals surface area contributed by atoms with E-state index in [9.17, 15) is 23.5 Å². The number of nitrogens with one attached hydrogen (secondary N) is 1. The molecule has 2 fully saturated rings. The summed E-state index contributed by atoms with van der Waals surface area (Å²) in [5.74, 6) is -2.94. The third-order valence-electron chi connectivity index (χ3n) is 6.13. The van der Waals surface area contributed by atoms with Gasteiger partial charge in [-0.05, 0) is 39.0 Å².